The average molecular weight is 278 g/mol. The molecule has 1 unspecified atom stereocenters. The zero-order valence-corrected chi connectivity index (χ0v) is 12.1. The number of aromatic nitrogens is 2. The van der Waals surface area contributed by atoms with Crippen LogP contribution < -0.4 is 4.74 Å². The Morgan fingerprint density at radius 1 is 1.26 bits per heavy atom. The summed E-state index contributed by atoms with van der Waals surface area (Å²) in [5.41, 5.74) is 1.69. The largest absolute Gasteiger partial charge is 0.491 e. The minimum Gasteiger partial charge on any atom is -0.491 e. The summed E-state index contributed by atoms with van der Waals surface area (Å²) in [6.45, 7) is 5.98. The normalized spacial score (nSPS) is 12.7. The number of aliphatic hydroxyl groups excluding tert-OH is 1. The van der Waals surface area contributed by atoms with Gasteiger partial charge in [-0.1, -0.05) is 23.5 Å². The summed E-state index contributed by atoms with van der Waals surface area (Å²) >= 11 is 1.25. The van der Waals surface area contributed by atoms with Crippen LogP contribution in [0, 0.1) is 0 Å². The maximum Gasteiger partial charge on any atom is 0.119 e. The highest BCUT2D eigenvalue weighted by molar-refractivity contribution is 7.05. The smallest absolute Gasteiger partial charge is 0.119 e. The highest BCUT2D eigenvalue weighted by Gasteiger charge is 2.17. The Bertz CT molecular complexity index is 522. The third kappa shape index (κ3) is 3.30. The van der Waals surface area contributed by atoms with Crippen LogP contribution in [0.5, 0.6) is 5.75 Å². The molecule has 0 spiro atoms. The van der Waals surface area contributed by atoms with Crippen molar-refractivity contribution in [3.05, 3.63) is 40.4 Å². The van der Waals surface area contributed by atoms with Crippen LogP contribution in [-0.4, -0.2) is 20.8 Å². The Morgan fingerprint density at radius 2 is 1.95 bits per heavy atom. The number of aliphatic hydroxyl groups is 1. The SMILES string of the molecule is CCc1nnsc1C(O)c1ccc(OC(C)C)cc1. The molecule has 0 aliphatic heterocycles. The van der Waals surface area contributed by atoms with Crippen molar-refractivity contribution in [3.8, 4) is 5.75 Å². The van der Waals surface area contributed by atoms with Gasteiger partial charge in [-0.2, -0.15) is 0 Å². The lowest BCUT2D eigenvalue weighted by Crippen LogP contribution is -2.06. The Morgan fingerprint density at radius 3 is 2.53 bits per heavy atom. The van der Waals surface area contributed by atoms with E-state index in [4.69, 9.17) is 4.74 Å². The number of hydrogen-bond donors (Lipinski definition) is 1. The molecule has 0 radical (unpaired) electrons. The van der Waals surface area contributed by atoms with Gasteiger partial charge in [-0.3, -0.25) is 0 Å². The molecular weight excluding hydrogens is 260 g/mol. The zero-order chi connectivity index (χ0) is 13.8. The molecule has 102 valence electrons. The molecule has 0 saturated carbocycles. The van der Waals surface area contributed by atoms with Crippen LogP contribution in [0.3, 0.4) is 0 Å². The summed E-state index contributed by atoms with van der Waals surface area (Å²) in [5.74, 6) is 0.809. The standard InChI is InChI=1S/C14H18N2O2S/c1-4-12-14(19-16-15-12)13(17)10-5-7-11(8-6-10)18-9(2)3/h5-9,13,17H,4H2,1-3H3. The first kappa shape index (κ1) is 14.0. The molecule has 1 heterocycles. The molecule has 2 aromatic rings. The lowest BCUT2D eigenvalue weighted by molar-refractivity contribution is 0.222. The summed E-state index contributed by atoms with van der Waals surface area (Å²) in [7, 11) is 0. The highest BCUT2D eigenvalue weighted by Crippen LogP contribution is 2.28. The fraction of sp³-hybridized carbons (Fsp3) is 0.429. The van der Waals surface area contributed by atoms with Gasteiger partial charge in [-0.15, -0.1) is 5.10 Å². The molecule has 19 heavy (non-hydrogen) atoms. The van der Waals surface area contributed by atoms with Crippen LogP contribution in [0.2, 0.25) is 0 Å². The third-order valence-corrected chi connectivity index (χ3v) is 3.55. The average Bonchev–Trinajstić information content (AvgIpc) is 2.86. The van der Waals surface area contributed by atoms with E-state index in [1.54, 1.807) is 0 Å². The molecule has 0 amide bonds. The minimum atomic E-state index is -0.664. The van der Waals surface area contributed by atoms with Gasteiger partial charge in [0.2, 0.25) is 0 Å². The molecule has 0 saturated heterocycles. The Kier molecular flexibility index (Phi) is 4.50. The highest BCUT2D eigenvalue weighted by atomic mass is 32.1. The molecule has 2 rings (SSSR count). The van der Waals surface area contributed by atoms with E-state index < -0.39 is 6.10 Å². The molecule has 0 fully saturated rings. The number of hydrogen-bond acceptors (Lipinski definition) is 5. The van der Waals surface area contributed by atoms with Crippen LogP contribution in [0.4, 0.5) is 0 Å². The van der Waals surface area contributed by atoms with Gasteiger partial charge in [-0.25, -0.2) is 0 Å². The van der Waals surface area contributed by atoms with Crippen LogP contribution in [0.1, 0.15) is 43.0 Å². The van der Waals surface area contributed by atoms with Crippen LogP contribution in [0.25, 0.3) is 0 Å². The summed E-state index contributed by atoms with van der Waals surface area (Å²) in [6.07, 6.45) is 0.258. The first-order valence-electron chi connectivity index (χ1n) is 6.37. The van der Waals surface area contributed by atoms with Crippen molar-refractivity contribution in [1.29, 1.82) is 0 Å². The third-order valence-electron chi connectivity index (χ3n) is 2.74. The first-order chi connectivity index (χ1) is 9.11. The fourth-order valence-corrected chi connectivity index (χ4v) is 2.57. The number of benzene rings is 1. The topological polar surface area (TPSA) is 55.2 Å². The molecule has 1 aromatic carbocycles. The van der Waals surface area contributed by atoms with Crippen molar-refractivity contribution in [2.24, 2.45) is 0 Å². The lowest BCUT2D eigenvalue weighted by atomic mass is 10.1. The molecule has 1 aromatic heterocycles. The fourth-order valence-electron chi connectivity index (χ4n) is 1.82. The minimum absolute atomic E-state index is 0.146. The van der Waals surface area contributed by atoms with Gasteiger partial charge in [0.25, 0.3) is 0 Å². The number of ether oxygens (including phenoxy) is 1. The molecule has 0 aliphatic rings. The summed E-state index contributed by atoms with van der Waals surface area (Å²) in [5, 5.41) is 14.4. The second kappa shape index (κ2) is 6.12. The second-order valence-electron chi connectivity index (χ2n) is 4.58. The van der Waals surface area contributed by atoms with E-state index in [1.807, 2.05) is 45.0 Å². The van der Waals surface area contributed by atoms with Crippen molar-refractivity contribution in [1.82, 2.24) is 9.59 Å². The monoisotopic (exact) mass is 278 g/mol. The van der Waals surface area contributed by atoms with Crippen molar-refractivity contribution in [2.75, 3.05) is 0 Å². The van der Waals surface area contributed by atoms with Gasteiger partial charge >= 0.3 is 0 Å². The first-order valence-corrected chi connectivity index (χ1v) is 7.15. The van der Waals surface area contributed by atoms with E-state index in [9.17, 15) is 5.11 Å². The van der Waals surface area contributed by atoms with Gasteiger partial charge < -0.3 is 9.84 Å². The predicted molar refractivity (Wildman–Crippen MR) is 75.6 cm³/mol. The number of nitrogens with zero attached hydrogens (tertiary/aromatic N) is 2. The molecule has 0 bridgehead atoms. The maximum atomic E-state index is 10.4. The van der Waals surface area contributed by atoms with E-state index in [0.29, 0.717) is 0 Å². The Hall–Kier alpha value is -1.46. The van der Waals surface area contributed by atoms with E-state index in [0.717, 1.165) is 28.3 Å². The van der Waals surface area contributed by atoms with E-state index in [1.165, 1.54) is 11.5 Å². The predicted octanol–water partition coefficient (Wildman–Crippen LogP) is 2.97. The second-order valence-corrected chi connectivity index (χ2v) is 5.36. The molecule has 1 atom stereocenters. The van der Waals surface area contributed by atoms with Crippen molar-refractivity contribution in [3.63, 3.8) is 0 Å². The number of rotatable bonds is 5. The number of aryl methyl sites for hydroxylation is 1. The van der Waals surface area contributed by atoms with Gasteiger partial charge in [0.15, 0.2) is 0 Å². The molecular formula is C14H18N2O2S. The summed E-state index contributed by atoms with van der Waals surface area (Å²) in [4.78, 5) is 0.819. The quantitative estimate of drug-likeness (QED) is 0.913. The van der Waals surface area contributed by atoms with Crippen LogP contribution in [-0.2, 0) is 6.42 Å². The summed E-state index contributed by atoms with van der Waals surface area (Å²) in [6, 6.07) is 7.50. The zero-order valence-electron chi connectivity index (χ0n) is 11.3. The van der Waals surface area contributed by atoms with E-state index in [-0.39, 0.29) is 6.10 Å². The van der Waals surface area contributed by atoms with Crippen LogP contribution >= 0.6 is 11.5 Å². The summed E-state index contributed by atoms with van der Waals surface area (Å²) < 4.78 is 9.48. The molecule has 4 nitrogen and oxygen atoms in total. The molecule has 5 heteroatoms. The Balaban J connectivity index is 2.18. The van der Waals surface area contributed by atoms with Crippen molar-refractivity contribution >= 4 is 11.5 Å². The van der Waals surface area contributed by atoms with Gasteiger partial charge in [-0.05, 0) is 49.5 Å². The molecule has 0 aliphatic carbocycles. The van der Waals surface area contributed by atoms with Crippen molar-refractivity contribution < 1.29 is 9.84 Å². The van der Waals surface area contributed by atoms with E-state index in [2.05, 4.69) is 9.59 Å². The molecule has 1 N–H and O–H groups in total. The maximum absolute atomic E-state index is 10.4. The van der Waals surface area contributed by atoms with Gasteiger partial charge in [0.1, 0.15) is 11.9 Å². The lowest BCUT2D eigenvalue weighted by Gasteiger charge is -2.12. The van der Waals surface area contributed by atoms with Gasteiger partial charge in [0, 0.05) is 0 Å². The van der Waals surface area contributed by atoms with Crippen LogP contribution in [0.15, 0.2) is 24.3 Å². The van der Waals surface area contributed by atoms with Crippen molar-refractivity contribution in [2.45, 2.75) is 39.4 Å². The Labute approximate surface area is 117 Å². The van der Waals surface area contributed by atoms with E-state index >= 15 is 0 Å². The van der Waals surface area contributed by atoms with Gasteiger partial charge in [0.05, 0.1) is 16.7 Å².